The van der Waals surface area contributed by atoms with Crippen molar-refractivity contribution in [3.63, 3.8) is 0 Å². The van der Waals surface area contributed by atoms with Gasteiger partial charge in [0.25, 0.3) is 5.91 Å². The summed E-state index contributed by atoms with van der Waals surface area (Å²) in [5.74, 6) is 1.01. The highest BCUT2D eigenvalue weighted by Gasteiger charge is 2.11. The van der Waals surface area contributed by atoms with E-state index in [0.29, 0.717) is 17.2 Å². The van der Waals surface area contributed by atoms with E-state index in [1.54, 1.807) is 24.3 Å². The maximum absolute atomic E-state index is 12.1. The van der Waals surface area contributed by atoms with Gasteiger partial charge < -0.3 is 10.1 Å². The molecule has 2 aromatic rings. The van der Waals surface area contributed by atoms with E-state index in [9.17, 15) is 9.59 Å². The van der Waals surface area contributed by atoms with Crippen LogP contribution in [0.1, 0.15) is 55.2 Å². The maximum Gasteiger partial charge on any atom is 0.258 e. The smallest absolute Gasteiger partial charge is 0.258 e. The average Bonchev–Trinajstić information content (AvgIpc) is 2.60. The van der Waals surface area contributed by atoms with Gasteiger partial charge >= 0.3 is 0 Å². The molecule has 0 radical (unpaired) electrons. The third kappa shape index (κ3) is 6.03. The monoisotopic (exact) mass is 353 g/mol. The summed E-state index contributed by atoms with van der Waals surface area (Å²) in [6, 6.07) is 15.0. The lowest BCUT2D eigenvalue weighted by Crippen LogP contribution is -2.31. The minimum atomic E-state index is -0.181. The van der Waals surface area contributed by atoms with Crippen LogP contribution in [0.2, 0.25) is 0 Å². The van der Waals surface area contributed by atoms with Gasteiger partial charge in [-0.15, -0.1) is 0 Å². The molecule has 0 heterocycles. The number of Topliss-reactive ketones (excluding diaryl/α,β-unsaturated/α-hetero) is 1. The number of ether oxygens (including phenoxy) is 1. The second kappa shape index (κ2) is 9.18. The molecule has 4 nitrogen and oxygen atoms in total. The van der Waals surface area contributed by atoms with E-state index in [0.717, 1.165) is 12.0 Å². The molecule has 0 spiro atoms. The molecule has 4 heteroatoms. The van der Waals surface area contributed by atoms with Crippen molar-refractivity contribution in [1.29, 1.82) is 0 Å². The van der Waals surface area contributed by atoms with Crippen molar-refractivity contribution in [3.8, 4) is 5.75 Å². The van der Waals surface area contributed by atoms with Crippen LogP contribution in [0.5, 0.6) is 5.75 Å². The molecule has 0 aromatic heterocycles. The zero-order valence-corrected chi connectivity index (χ0v) is 15.9. The average molecular weight is 353 g/mol. The van der Waals surface area contributed by atoms with Crippen LogP contribution in [-0.4, -0.2) is 18.3 Å². The summed E-state index contributed by atoms with van der Waals surface area (Å²) < 4.78 is 5.48. The summed E-state index contributed by atoms with van der Waals surface area (Å²) in [6.45, 7) is 7.81. The van der Waals surface area contributed by atoms with Crippen LogP contribution in [0, 0.1) is 5.92 Å². The van der Waals surface area contributed by atoms with Gasteiger partial charge in [0.2, 0.25) is 0 Å². The normalized spacial score (nSPS) is 11.9. The fourth-order valence-electron chi connectivity index (χ4n) is 2.72. The first-order valence-corrected chi connectivity index (χ1v) is 8.97. The Morgan fingerprint density at radius 2 is 1.58 bits per heavy atom. The Morgan fingerprint density at radius 1 is 0.962 bits per heavy atom. The number of hydrogen-bond donors (Lipinski definition) is 1. The van der Waals surface area contributed by atoms with Crippen LogP contribution < -0.4 is 10.1 Å². The first-order chi connectivity index (χ1) is 12.3. The molecular formula is C22H27NO3. The topological polar surface area (TPSA) is 55.4 Å². The van der Waals surface area contributed by atoms with Crippen molar-refractivity contribution in [3.05, 3.63) is 65.2 Å². The van der Waals surface area contributed by atoms with E-state index in [1.807, 2.05) is 6.92 Å². The number of amides is 1. The van der Waals surface area contributed by atoms with E-state index in [1.165, 1.54) is 12.5 Å². The third-order valence-electron chi connectivity index (χ3n) is 4.13. The summed E-state index contributed by atoms with van der Waals surface area (Å²) in [7, 11) is 0. The summed E-state index contributed by atoms with van der Waals surface area (Å²) in [6.07, 6.45) is 1.05. The minimum absolute atomic E-state index is 0.00234. The molecule has 0 aliphatic heterocycles. The van der Waals surface area contributed by atoms with Crippen LogP contribution in [0.25, 0.3) is 0 Å². The summed E-state index contributed by atoms with van der Waals surface area (Å²) >= 11 is 0. The second-order valence-electron chi connectivity index (χ2n) is 7.00. The Bertz CT molecular complexity index is 733. The van der Waals surface area contributed by atoms with Gasteiger partial charge in [-0.05, 0) is 61.6 Å². The zero-order chi connectivity index (χ0) is 19.1. The Hall–Kier alpha value is -2.62. The number of benzene rings is 2. The van der Waals surface area contributed by atoms with Crippen molar-refractivity contribution < 1.29 is 14.3 Å². The number of carbonyl (C=O) groups excluding carboxylic acids is 2. The van der Waals surface area contributed by atoms with Crippen LogP contribution in [0.4, 0.5) is 0 Å². The van der Waals surface area contributed by atoms with E-state index in [-0.39, 0.29) is 24.3 Å². The van der Waals surface area contributed by atoms with E-state index < -0.39 is 0 Å². The maximum atomic E-state index is 12.1. The summed E-state index contributed by atoms with van der Waals surface area (Å²) in [4.78, 5) is 23.3. The van der Waals surface area contributed by atoms with Crippen molar-refractivity contribution in [2.75, 3.05) is 6.61 Å². The standard InChI is InChI=1S/C22H27NO3/c1-15(2)13-18-5-7-19(8-6-18)16(3)23-22(25)14-26-21-11-9-20(10-12-21)17(4)24/h5-12,15-16H,13-14H2,1-4H3,(H,23,25)/t16-/m0/s1. The highest BCUT2D eigenvalue weighted by atomic mass is 16.5. The van der Waals surface area contributed by atoms with Gasteiger partial charge in [0.15, 0.2) is 12.4 Å². The Morgan fingerprint density at radius 3 is 2.12 bits per heavy atom. The Labute approximate surface area is 155 Å². The summed E-state index contributed by atoms with van der Waals surface area (Å²) in [5.41, 5.74) is 2.99. The first kappa shape index (κ1) is 19.7. The van der Waals surface area contributed by atoms with Gasteiger partial charge in [-0.1, -0.05) is 38.1 Å². The van der Waals surface area contributed by atoms with Gasteiger partial charge in [0, 0.05) is 5.56 Å². The molecule has 1 amide bonds. The van der Waals surface area contributed by atoms with Crippen molar-refractivity contribution in [2.24, 2.45) is 5.92 Å². The van der Waals surface area contributed by atoms with Crippen molar-refractivity contribution in [2.45, 2.75) is 40.2 Å². The lowest BCUT2D eigenvalue weighted by atomic mass is 10.00. The lowest BCUT2D eigenvalue weighted by Gasteiger charge is -2.15. The van der Waals surface area contributed by atoms with Gasteiger partial charge in [0.05, 0.1) is 6.04 Å². The molecule has 0 unspecified atom stereocenters. The number of hydrogen-bond acceptors (Lipinski definition) is 3. The highest BCUT2D eigenvalue weighted by molar-refractivity contribution is 5.94. The molecule has 138 valence electrons. The minimum Gasteiger partial charge on any atom is -0.484 e. The Balaban J connectivity index is 1.83. The molecule has 0 saturated carbocycles. The zero-order valence-electron chi connectivity index (χ0n) is 15.9. The number of nitrogens with one attached hydrogen (secondary N) is 1. The van der Waals surface area contributed by atoms with Gasteiger partial charge in [-0.2, -0.15) is 0 Å². The number of ketones is 1. The molecular weight excluding hydrogens is 326 g/mol. The van der Waals surface area contributed by atoms with E-state index >= 15 is 0 Å². The SMILES string of the molecule is CC(=O)c1ccc(OCC(=O)N[C@@H](C)c2ccc(CC(C)C)cc2)cc1. The molecule has 0 saturated heterocycles. The van der Waals surface area contributed by atoms with Gasteiger partial charge in [-0.3, -0.25) is 9.59 Å². The van der Waals surface area contributed by atoms with E-state index in [4.69, 9.17) is 4.74 Å². The van der Waals surface area contributed by atoms with Crippen LogP contribution in [0.15, 0.2) is 48.5 Å². The molecule has 2 aromatic carbocycles. The predicted octanol–water partition coefficient (Wildman–Crippen LogP) is 4.34. The third-order valence-corrected chi connectivity index (χ3v) is 4.13. The Kier molecular flexibility index (Phi) is 6.96. The molecule has 26 heavy (non-hydrogen) atoms. The van der Waals surface area contributed by atoms with Crippen LogP contribution in [0.3, 0.4) is 0 Å². The lowest BCUT2D eigenvalue weighted by molar-refractivity contribution is -0.123. The molecule has 2 rings (SSSR count). The molecule has 0 aliphatic carbocycles. The van der Waals surface area contributed by atoms with Gasteiger partial charge in [0.1, 0.15) is 5.75 Å². The molecule has 0 aliphatic rings. The molecule has 0 fully saturated rings. The number of carbonyl (C=O) groups is 2. The fraction of sp³-hybridized carbons (Fsp3) is 0.364. The highest BCUT2D eigenvalue weighted by Crippen LogP contribution is 2.16. The van der Waals surface area contributed by atoms with Crippen molar-refractivity contribution >= 4 is 11.7 Å². The molecule has 0 bridgehead atoms. The summed E-state index contributed by atoms with van der Waals surface area (Å²) in [5, 5.41) is 2.94. The van der Waals surface area contributed by atoms with E-state index in [2.05, 4.69) is 43.4 Å². The van der Waals surface area contributed by atoms with Crippen molar-refractivity contribution in [1.82, 2.24) is 5.32 Å². The fourth-order valence-corrected chi connectivity index (χ4v) is 2.72. The predicted molar refractivity (Wildman–Crippen MR) is 103 cm³/mol. The quantitative estimate of drug-likeness (QED) is 0.718. The molecule has 1 atom stereocenters. The first-order valence-electron chi connectivity index (χ1n) is 8.97. The van der Waals surface area contributed by atoms with Crippen LogP contribution >= 0.6 is 0 Å². The largest absolute Gasteiger partial charge is 0.484 e. The van der Waals surface area contributed by atoms with Gasteiger partial charge in [-0.25, -0.2) is 0 Å². The second-order valence-corrected chi connectivity index (χ2v) is 7.00. The number of rotatable bonds is 8. The molecule has 1 N–H and O–H groups in total. The van der Waals surface area contributed by atoms with Crippen LogP contribution in [-0.2, 0) is 11.2 Å².